The predicted molar refractivity (Wildman–Crippen MR) is 66.0 cm³/mol. The average Bonchev–Trinajstić information content (AvgIpc) is 3.09. The molecule has 0 aliphatic rings. The van der Waals surface area contributed by atoms with Crippen molar-refractivity contribution in [3.63, 3.8) is 0 Å². The lowest BCUT2D eigenvalue weighted by molar-refractivity contribution is 0.0691. The van der Waals surface area contributed by atoms with Gasteiger partial charge in [-0.3, -0.25) is 0 Å². The quantitative estimate of drug-likeness (QED) is 0.753. The van der Waals surface area contributed by atoms with Gasteiger partial charge in [-0.1, -0.05) is 11.2 Å². The molecule has 0 saturated carbocycles. The predicted octanol–water partition coefficient (Wildman–Crippen LogP) is 1.81. The Labute approximate surface area is 110 Å². The van der Waals surface area contributed by atoms with Gasteiger partial charge in [0.1, 0.15) is 5.69 Å². The van der Waals surface area contributed by atoms with E-state index in [1.165, 1.54) is 6.33 Å². The summed E-state index contributed by atoms with van der Waals surface area (Å²) >= 11 is 1.60. The van der Waals surface area contributed by atoms with Crippen LogP contribution in [0.1, 0.15) is 21.2 Å². The van der Waals surface area contributed by atoms with Gasteiger partial charge in [0.25, 0.3) is 5.89 Å². The molecule has 0 aliphatic carbocycles. The number of aromatic carboxylic acids is 1. The van der Waals surface area contributed by atoms with Crippen LogP contribution < -0.4 is 0 Å². The van der Waals surface area contributed by atoms with E-state index in [1.807, 2.05) is 17.5 Å². The number of H-pyrrole nitrogens is 1. The van der Waals surface area contributed by atoms with E-state index >= 15 is 0 Å². The van der Waals surface area contributed by atoms with Crippen molar-refractivity contribution >= 4 is 17.3 Å². The van der Waals surface area contributed by atoms with Gasteiger partial charge in [0.05, 0.1) is 6.33 Å². The highest BCUT2D eigenvalue weighted by Gasteiger charge is 2.20. The van der Waals surface area contributed by atoms with E-state index in [1.54, 1.807) is 11.3 Å². The molecule has 3 aromatic heterocycles. The topological polar surface area (TPSA) is 105 Å². The summed E-state index contributed by atoms with van der Waals surface area (Å²) in [6.07, 6.45) is 1.83. The average molecular weight is 276 g/mol. The van der Waals surface area contributed by atoms with Crippen LogP contribution in [-0.2, 0) is 6.42 Å². The van der Waals surface area contributed by atoms with E-state index in [4.69, 9.17) is 9.63 Å². The van der Waals surface area contributed by atoms with E-state index in [-0.39, 0.29) is 17.3 Å². The zero-order chi connectivity index (χ0) is 13.2. The second-order valence-corrected chi connectivity index (χ2v) is 4.74. The second kappa shape index (κ2) is 4.65. The first-order valence-corrected chi connectivity index (χ1v) is 6.24. The van der Waals surface area contributed by atoms with Crippen LogP contribution in [0.3, 0.4) is 0 Å². The Hall–Kier alpha value is -2.48. The van der Waals surface area contributed by atoms with E-state index in [0.717, 1.165) is 4.88 Å². The third-order valence-electron chi connectivity index (χ3n) is 2.44. The number of carboxylic acid groups (broad SMARTS) is 1. The second-order valence-electron chi connectivity index (χ2n) is 3.70. The molecule has 0 aromatic carbocycles. The van der Waals surface area contributed by atoms with Gasteiger partial charge in [-0.05, 0) is 11.4 Å². The zero-order valence-electron chi connectivity index (χ0n) is 9.53. The molecule has 0 radical (unpaired) electrons. The van der Waals surface area contributed by atoms with E-state index in [0.29, 0.717) is 12.2 Å². The van der Waals surface area contributed by atoms with Crippen LogP contribution >= 0.6 is 11.3 Å². The Kier molecular flexibility index (Phi) is 2.84. The monoisotopic (exact) mass is 276 g/mol. The Bertz CT molecular complexity index is 701. The number of carboxylic acids is 1. The zero-order valence-corrected chi connectivity index (χ0v) is 10.3. The fourth-order valence-electron chi connectivity index (χ4n) is 1.62. The Balaban J connectivity index is 1.88. The van der Waals surface area contributed by atoms with Crippen LogP contribution in [0.15, 0.2) is 28.4 Å². The first-order valence-electron chi connectivity index (χ1n) is 5.36. The molecule has 8 heteroatoms. The van der Waals surface area contributed by atoms with Crippen molar-refractivity contribution in [3.8, 4) is 11.6 Å². The van der Waals surface area contributed by atoms with E-state index < -0.39 is 5.97 Å². The van der Waals surface area contributed by atoms with Crippen LogP contribution in [0.25, 0.3) is 11.6 Å². The number of hydrogen-bond donors (Lipinski definition) is 2. The van der Waals surface area contributed by atoms with Crippen LogP contribution in [0, 0.1) is 0 Å². The molecule has 7 nitrogen and oxygen atoms in total. The summed E-state index contributed by atoms with van der Waals surface area (Å²) in [5, 5.41) is 14.8. The molecule has 0 bridgehead atoms. The summed E-state index contributed by atoms with van der Waals surface area (Å²) in [5.74, 6) is -0.515. The lowest BCUT2D eigenvalue weighted by Crippen LogP contribution is -1.99. The minimum atomic E-state index is -1.14. The maximum Gasteiger partial charge on any atom is 0.356 e. The van der Waals surface area contributed by atoms with Gasteiger partial charge < -0.3 is 14.6 Å². The van der Waals surface area contributed by atoms with Crippen molar-refractivity contribution in [2.24, 2.45) is 0 Å². The summed E-state index contributed by atoms with van der Waals surface area (Å²) in [6.45, 7) is 0. The fraction of sp³-hybridized carbons (Fsp3) is 0.0909. The first-order chi connectivity index (χ1) is 9.24. The molecule has 96 valence electrons. The number of aromatic amines is 1. The van der Waals surface area contributed by atoms with Crippen LogP contribution in [0.5, 0.6) is 0 Å². The van der Waals surface area contributed by atoms with Gasteiger partial charge in [-0.25, -0.2) is 9.78 Å². The van der Waals surface area contributed by atoms with Gasteiger partial charge in [-0.2, -0.15) is 4.98 Å². The molecular weight excluding hydrogens is 268 g/mol. The third-order valence-corrected chi connectivity index (χ3v) is 3.31. The molecule has 0 spiro atoms. The lowest BCUT2D eigenvalue weighted by Gasteiger charge is -1.90. The Morgan fingerprint density at radius 1 is 1.53 bits per heavy atom. The molecule has 3 heterocycles. The maximum atomic E-state index is 10.9. The van der Waals surface area contributed by atoms with Crippen molar-refractivity contribution in [1.29, 1.82) is 0 Å². The van der Waals surface area contributed by atoms with Crippen molar-refractivity contribution in [2.45, 2.75) is 6.42 Å². The van der Waals surface area contributed by atoms with Crippen LogP contribution in [0.4, 0.5) is 0 Å². The first kappa shape index (κ1) is 11.6. The molecule has 0 aliphatic heterocycles. The van der Waals surface area contributed by atoms with E-state index in [9.17, 15) is 4.79 Å². The fourth-order valence-corrected chi connectivity index (χ4v) is 2.32. The molecule has 0 atom stereocenters. The largest absolute Gasteiger partial charge is 0.476 e. The molecule has 3 rings (SSSR count). The van der Waals surface area contributed by atoms with Crippen LogP contribution in [-0.4, -0.2) is 31.2 Å². The summed E-state index contributed by atoms with van der Waals surface area (Å²) in [7, 11) is 0. The van der Waals surface area contributed by atoms with Crippen molar-refractivity contribution in [2.75, 3.05) is 0 Å². The lowest BCUT2D eigenvalue weighted by atomic mass is 10.3. The highest BCUT2D eigenvalue weighted by atomic mass is 32.1. The van der Waals surface area contributed by atoms with Gasteiger partial charge in [0, 0.05) is 11.3 Å². The Morgan fingerprint density at radius 2 is 2.42 bits per heavy atom. The molecule has 0 amide bonds. The van der Waals surface area contributed by atoms with Crippen molar-refractivity contribution in [1.82, 2.24) is 20.1 Å². The summed E-state index contributed by atoms with van der Waals surface area (Å²) < 4.78 is 5.06. The van der Waals surface area contributed by atoms with Gasteiger partial charge >= 0.3 is 5.97 Å². The number of nitrogens with zero attached hydrogens (tertiary/aromatic N) is 3. The summed E-state index contributed by atoms with van der Waals surface area (Å²) in [4.78, 5) is 22.6. The van der Waals surface area contributed by atoms with Crippen molar-refractivity contribution in [3.05, 3.63) is 40.2 Å². The smallest absolute Gasteiger partial charge is 0.356 e. The number of carbonyl (C=O) groups is 1. The van der Waals surface area contributed by atoms with Gasteiger partial charge in [0.2, 0.25) is 0 Å². The number of rotatable bonds is 4. The standard InChI is InChI=1S/C11H8N4O3S/c16-11(17)9-8(12-5-13-9)10-14-7(15-18-10)4-6-2-1-3-19-6/h1-3,5H,4H2,(H,12,13)(H,16,17). The number of aromatic nitrogens is 4. The minimum Gasteiger partial charge on any atom is -0.476 e. The number of thiophene rings is 1. The van der Waals surface area contributed by atoms with Crippen LogP contribution in [0.2, 0.25) is 0 Å². The summed E-state index contributed by atoms with van der Waals surface area (Å²) in [5.41, 5.74) is 0.0868. The summed E-state index contributed by atoms with van der Waals surface area (Å²) in [6, 6.07) is 3.91. The highest BCUT2D eigenvalue weighted by Crippen LogP contribution is 2.20. The normalized spacial score (nSPS) is 10.7. The van der Waals surface area contributed by atoms with Gasteiger partial charge in [-0.15, -0.1) is 11.3 Å². The van der Waals surface area contributed by atoms with Gasteiger partial charge in [0.15, 0.2) is 11.5 Å². The maximum absolute atomic E-state index is 10.9. The molecule has 2 N–H and O–H groups in total. The van der Waals surface area contributed by atoms with E-state index in [2.05, 4.69) is 20.1 Å². The third kappa shape index (κ3) is 2.25. The molecule has 0 fully saturated rings. The molecular formula is C11H8N4O3S. The number of hydrogen-bond acceptors (Lipinski definition) is 6. The van der Waals surface area contributed by atoms with Crippen molar-refractivity contribution < 1.29 is 14.4 Å². The molecule has 19 heavy (non-hydrogen) atoms. The SMILES string of the molecule is O=C(O)c1nc[nH]c1-c1nc(Cc2cccs2)no1. The highest BCUT2D eigenvalue weighted by molar-refractivity contribution is 7.09. The molecule has 0 unspecified atom stereocenters. The Morgan fingerprint density at radius 3 is 3.16 bits per heavy atom. The number of nitrogens with one attached hydrogen (secondary N) is 1. The molecule has 3 aromatic rings. The minimum absolute atomic E-state index is 0.126. The molecule has 0 saturated heterocycles. The number of imidazole rings is 1.